The van der Waals surface area contributed by atoms with Crippen molar-refractivity contribution in [3.05, 3.63) is 63.9 Å². The van der Waals surface area contributed by atoms with Gasteiger partial charge >= 0.3 is 0 Å². The Balaban J connectivity index is 2.19. The van der Waals surface area contributed by atoms with Gasteiger partial charge in [-0.2, -0.15) is 0 Å². The minimum Gasteiger partial charge on any atom is -0.263 e. The maximum absolute atomic E-state index is 6.13. The molecule has 1 unspecified atom stereocenters. The predicted molar refractivity (Wildman–Crippen MR) is 80.5 cm³/mol. The van der Waals surface area contributed by atoms with Crippen molar-refractivity contribution in [2.24, 2.45) is 0 Å². The van der Waals surface area contributed by atoms with Crippen molar-refractivity contribution in [3.8, 4) is 0 Å². The Kier molecular flexibility index (Phi) is 4.41. The van der Waals surface area contributed by atoms with E-state index in [1.54, 1.807) is 12.4 Å². The van der Waals surface area contributed by atoms with Gasteiger partial charge in [-0.15, -0.1) is 0 Å². The lowest BCUT2D eigenvalue weighted by Crippen LogP contribution is -1.97. The van der Waals surface area contributed by atoms with Crippen LogP contribution in [0.25, 0.3) is 0 Å². The fourth-order valence-electron chi connectivity index (χ4n) is 1.84. The molecular formula is C15H15BrClN. The summed E-state index contributed by atoms with van der Waals surface area (Å²) in [5.74, 6) is 0. The highest BCUT2D eigenvalue weighted by molar-refractivity contribution is 9.09. The van der Waals surface area contributed by atoms with Crippen LogP contribution >= 0.6 is 27.5 Å². The quantitative estimate of drug-likeness (QED) is 0.722. The van der Waals surface area contributed by atoms with Gasteiger partial charge in [0, 0.05) is 17.2 Å². The van der Waals surface area contributed by atoms with Gasteiger partial charge in [0.05, 0.1) is 5.02 Å². The van der Waals surface area contributed by atoms with E-state index in [1.807, 2.05) is 6.07 Å². The van der Waals surface area contributed by atoms with E-state index in [9.17, 15) is 0 Å². The molecule has 0 N–H and O–H groups in total. The zero-order valence-corrected chi connectivity index (χ0v) is 12.8. The monoisotopic (exact) mass is 323 g/mol. The highest BCUT2D eigenvalue weighted by Gasteiger charge is 2.11. The lowest BCUT2D eigenvalue weighted by Gasteiger charge is -2.13. The van der Waals surface area contributed by atoms with Gasteiger partial charge in [0.1, 0.15) is 0 Å². The molecule has 0 aliphatic heterocycles. The number of nitrogens with zero attached hydrogens (tertiary/aromatic N) is 1. The molecule has 18 heavy (non-hydrogen) atoms. The Hall–Kier alpha value is -0.860. The zero-order chi connectivity index (χ0) is 13.1. The summed E-state index contributed by atoms with van der Waals surface area (Å²) in [7, 11) is 0. The molecule has 1 atom stereocenters. The van der Waals surface area contributed by atoms with Crippen molar-refractivity contribution in [1.29, 1.82) is 0 Å². The van der Waals surface area contributed by atoms with E-state index >= 15 is 0 Å². The van der Waals surface area contributed by atoms with Crippen LogP contribution in [0.15, 0.2) is 36.7 Å². The first kappa shape index (κ1) is 13.6. The van der Waals surface area contributed by atoms with E-state index in [0.717, 1.165) is 17.0 Å². The average molecular weight is 325 g/mol. The van der Waals surface area contributed by atoms with Crippen molar-refractivity contribution in [3.63, 3.8) is 0 Å². The second-order valence-electron chi connectivity index (χ2n) is 4.48. The van der Waals surface area contributed by atoms with E-state index in [4.69, 9.17) is 11.6 Å². The third-order valence-corrected chi connectivity index (χ3v) is 4.34. The number of hydrogen-bond acceptors (Lipinski definition) is 1. The molecule has 0 spiro atoms. The number of halogens is 2. The van der Waals surface area contributed by atoms with Gasteiger partial charge < -0.3 is 0 Å². The first-order valence-corrected chi connectivity index (χ1v) is 7.17. The minimum absolute atomic E-state index is 0.275. The normalized spacial score (nSPS) is 12.4. The van der Waals surface area contributed by atoms with Crippen LogP contribution in [0.4, 0.5) is 0 Å². The number of alkyl halides is 1. The summed E-state index contributed by atoms with van der Waals surface area (Å²) in [4.78, 5) is 4.28. The first-order valence-electron chi connectivity index (χ1n) is 5.87. The van der Waals surface area contributed by atoms with E-state index in [1.165, 1.54) is 16.7 Å². The van der Waals surface area contributed by atoms with E-state index < -0.39 is 0 Å². The molecule has 1 nitrogen and oxygen atoms in total. The highest BCUT2D eigenvalue weighted by Crippen LogP contribution is 2.30. The number of pyridine rings is 1. The Bertz CT molecular complexity index is 554. The second kappa shape index (κ2) is 5.85. The molecule has 0 saturated heterocycles. The van der Waals surface area contributed by atoms with Gasteiger partial charge in [-0.05, 0) is 48.6 Å². The third-order valence-electron chi connectivity index (χ3n) is 3.15. The summed E-state index contributed by atoms with van der Waals surface area (Å²) < 4.78 is 0. The van der Waals surface area contributed by atoms with E-state index in [-0.39, 0.29) is 4.83 Å². The smallest absolute Gasteiger partial charge is 0.0621 e. The van der Waals surface area contributed by atoms with Gasteiger partial charge in [0.15, 0.2) is 0 Å². The molecule has 1 aromatic heterocycles. The molecule has 1 heterocycles. The molecule has 2 aromatic rings. The van der Waals surface area contributed by atoms with Crippen LogP contribution in [-0.2, 0) is 6.42 Å². The van der Waals surface area contributed by atoms with Crippen molar-refractivity contribution in [2.75, 3.05) is 0 Å². The lowest BCUT2D eigenvalue weighted by molar-refractivity contribution is 0.941. The number of aryl methyl sites for hydroxylation is 2. The summed E-state index contributed by atoms with van der Waals surface area (Å²) in [6.45, 7) is 4.26. The summed E-state index contributed by atoms with van der Waals surface area (Å²) in [5, 5.41) is 0.728. The van der Waals surface area contributed by atoms with Crippen LogP contribution in [-0.4, -0.2) is 4.98 Å². The Morgan fingerprint density at radius 1 is 1.22 bits per heavy atom. The van der Waals surface area contributed by atoms with Crippen LogP contribution in [0.5, 0.6) is 0 Å². The molecule has 0 amide bonds. The number of hydrogen-bond donors (Lipinski definition) is 0. The van der Waals surface area contributed by atoms with Crippen molar-refractivity contribution in [1.82, 2.24) is 4.98 Å². The average Bonchev–Trinajstić information content (AvgIpc) is 2.35. The maximum Gasteiger partial charge on any atom is 0.0621 e. The molecule has 0 saturated carbocycles. The minimum atomic E-state index is 0.275. The molecule has 0 radical (unpaired) electrons. The molecule has 3 heteroatoms. The zero-order valence-electron chi connectivity index (χ0n) is 10.5. The molecule has 0 aliphatic rings. The number of rotatable bonds is 3. The van der Waals surface area contributed by atoms with Gasteiger partial charge in [-0.1, -0.05) is 45.7 Å². The van der Waals surface area contributed by atoms with Gasteiger partial charge in [-0.3, -0.25) is 4.98 Å². The standard InChI is InChI=1S/C15H15BrClN/c1-10-3-4-12(7-11(10)2)14(16)8-13-5-6-18-9-15(13)17/h3-7,9,14H,8H2,1-2H3. The Morgan fingerprint density at radius 3 is 2.67 bits per heavy atom. The second-order valence-corrected chi connectivity index (χ2v) is 5.99. The topological polar surface area (TPSA) is 12.9 Å². The predicted octanol–water partition coefficient (Wildman–Crippen LogP) is 5.03. The summed E-state index contributed by atoms with van der Waals surface area (Å²) in [6.07, 6.45) is 4.34. The van der Waals surface area contributed by atoms with Gasteiger partial charge in [0.2, 0.25) is 0 Å². The molecule has 1 aromatic carbocycles. The molecule has 0 fully saturated rings. The van der Waals surface area contributed by atoms with Gasteiger partial charge in [-0.25, -0.2) is 0 Å². The maximum atomic E-state index is 6.13. The number of benzene rings is 1. The summed E-state index contributed by atoms with van der Waals surface area (Å²) >= 11 is 9.87. The van der Waals surface area contributed by atoms with E-state index in [0.29, 0.717) is 0 Å². The Morgan fingerprint density at radius 2 is 2.00 bits per heavy atom. The van der Waals surface area contributed by atoms with Crippen molar-refractivity contribution < 1.29 is 0 Å². The van der Waals surface area contributed by atoms with Crippen LogP contribution in [0.3, 0.4) is 0 Å². The molecular weight excluding hydrogens is 310 g/mol. The molecule has 94 valence electrons. The molecule has 2 rings (SSSR count). The van der Waals surface area contributed by atoms with Crippen LogP contribution < -0.4 is 0 Å². The van der Waals surface area contributed by atoms with E-state index in [2.05, 4.69) is 53.0 Å². The van der Waals surface area contributed by atoms with Crippen LogP contribution in [0.1, 0.15) is 27.1 Å². The third kappa shape index (κ3) is 3.12. The number of aromatic nitrogens is 1. The highest BCUT2D eigenvalue weighted by atomic mass is 79.9. The van der Waals surface area contributed by atoms with Crippen LogP contribution in [0, 0.1) is 13.8 Å². The molecule has 0 aliphatic carbocycles. The fraction of sp³-hybridized carbons (Fsp3) is 0.267. The molecule has 0 bridgehead atoms. The largest absolute Gasteiger partial charge is 0.263 e. The van der Waals surface area contributed by atoms with Crippen molar-refractivity contribution in [2.45, 2.75) is 25.1 Å². The summed E-state index contributed by atoms with van der Waals surface area (Å²) in [5.41, 5.74) is 5.04. The lowest BCUT2D eigenvalue weighted by atomic mass is 10.0. The SMILES string of the molecule is Cc1ccc(C(Br)Cc2ccncc2Cl)cc1C. The first-order chi connectivity index (χ1) is 8.58. The van der Waals surface area contributed by atoms with Crippen molar-refractivity contribution >= 4 is 27.5 Å². The Labute approximate surface area is 121 Å². The van der Waals surface area contributed by atoms with Crippen LogP contribution in [0.2, 0.25) is 5.02 Å². The van der Waals surface area contributed by atoms with Gasteiger partial charge in [0.25, 0.3) is 0 Å². The summed E-state index contributed by atoms with van der Waals surface area (Å²) in [6, 6.07) is 8.52. The fourth-order valence-corrected chi connectivity index (χ4v) is 2.67.